The van der Waals surface area contributed by atoms with Crippen LogP contribution in [0.2, 0.25) is 0 Å². The smallest absolute Gasteiger partial charge is 0.258 e. The van der Waals surface area contributed by atoms with E-state index in [-0.39, 0.29) is 24.4 Å². The molecule has 0 unspecified atom stereocenters. The molecule has 118 valence electrons. The number of rotatable bonds is 9. The highest BCUT2D eigenvalue weighted by atomic mass is 19.1. The maximum absolute atomic E-state index is 13.3. The number of hydrogen-bond acceptors (Lipinski definition) is 4. The van der Waals surface area contributed by atoms with E-state index in [1.807, 2.05) is 13.8 Å². The molecule has 1 amide bonds. The van der Waals surface area contributed by atoms with Gasteiger partial charge in [0, 0.05) is 31.8 Å². The number of carbonyl (C=O) groups is 1. The van der Waals surface area contributed by atoms with Crippen LogP contribution in [0.4, 0.5) is 4.39 Å². The summed E-state index contributed by atoms with van der Waals surface area (Å²) in [5.41, 5.74) is 0.670. The lowest BCUT2D eigenvalue weighted by Crippen LogP contribution is -2.34. The zero-order valence-corrected chi connectivity index (χ0v) is 12.7. The third-order valence-electron chi connectivity index (χ3n) is 2.63. The predicted octanol–water partition coefficient (Wildman–Crippen LogP) is 1.47. The number of carbonyl (C=O) groups excluding carboxylic acids is 1. The average molecular weight is 298 g/mol. The molecule has 6 heteroatoms. The Morgan fingerprint density at radius 1 is 1.38 bits per heavy atom. The summed E-state index contributed by atoms with van der Waals surface area (Å²) in [5.74, 6) is -0.0367. The van der Waals surface area contributed by atoms with E-state index in [2.05, 4.69) is 10.6 Å². The molecule has 0 atom stereocenters. The van der Waals surface area contributed by atoms with Gasteiger partial charge >= 0.3 is 0 Å². The average Bonchev–Trinajstić information content (AvgIpc) is 2.42. The van der Waals surface area contributed by atoms with Gasteiger partial charge in [0.1, 0.15) is 11.6 Å². The molecule has 0 aliphatic carbocycles. The van der Waals surface area contributed by atoms with Crippen LogP contribution in [0.25, 0.3) is 0 Å². The molecule has 0 bridgehead atoms. The second-order valence-corrected chi connectivity index (χ2v) is 4.93. The summed E-state index contributed by atoms with van der Waals surface area (Å²) >= 11 is 0. The fourth-order valence-corrected chi connectivity index (χ4v) is 1.73. The molecular formula is C15H23FN2O3. The first-order chi connectivity index (χ1) is 10.0. The summed E-state index contributed by atoms with van der Waals surface area (Å²) in [6.07, 6.45) is 0. The fourth-order valence-electron chi connectivity index (χ4n) is 1.73. The van der Waals surface area contributed by atoms with Gasteiger partial charge in [-0.25, -0.2) is 4.39 Å². The van der Waals surface area contributed by atoms with Crippen LogP contribution in [0.3, 0.4) is 0 Å². The molecular weight excluding hydrogens is 275 g/mol. The summed E-state index contributed by atoms with van der Waals surface area (Å²) < 4.78 is 23.7. The predicted molar refractivity (Wildman–Crippen MR) is 78.8 cm³/mol. The number of ether oxygens (including phenoxy) is 2. The number of hydrogen-bond donors (Lipinski definition) is 2. The molecule has 0 spiro atoms. The van der Waals surface area contributed by atoms with Crippen LogP contribution < -0.4 is 15.4 Å². The van der Waals surface area contributed by atoms with Gasteiger partial charge in [-0.2, -0.15) is 0 Å². The second kappa shape index (κ2) is 9.31. The molecule has 0 fully saturated rings. The van der Waals surface area contributed by atoms with Crippen LogP contribution in [-0.2, 0) is 16.1 Å². The van der Waals surface area contributed by atoms with E-state index >= 15 is 0 Å². The van der Waals surface area contributed by atoms with Gasteiger partial charge in [0.25, 0.3) is 5.91 Å². The highest BCUT2D eigenvalue weighted by Gasteiger charge is 2.09. The largest absolute Gasteiger partial charge is 0.483 e. The van der Waals surface area contributed by atoms with Gasteiger partial charge in [0.15, 0.2) is 6.61 Å². The Morgan fingerprint density at radius 3 is 2.81 bits per heavy atom. The van der Waals surface area contributed by atoms with E-state index in [1.165, 1.54) is 18.2 Å². The lowest BCUT2D eigenvalue weighted by molar-refractivity contribution is -0.123. The molecule has 0 aliphatic heterocycles. The Hall–Kier alpha value is -1.66. The molecule has 0 heterocycles. The first-order valence-corrected chi connectivity index (χ1v) is 6.93. The molecule has 1 rings (SSSR count). The van der Waals surface area contributed by atoms with Crippen LogP contribution in [0.1, 0.15) is 19.4 Å². The standard InChI is InChI=1S/C15H23FN2O3/c1-11(2)18-15(19)10-21-14-5-4-13(16)8-12(14)9-17-6-7-20-3/h4-5,8,11,17H,6-7,9-10H2,1-3H3,(H,18,19). The lowest BCUT2D eigenvalue weighted by atomic mass is 10.2. The number of nitrogens with one attached hydrogen (secondary N) is 2. The second-order valence-electron chi connectivity index (χ2n) is 4.93. The molecule has 0 saturated heterocycles. The van der Waals surface area contributed by atoms with E-state index in [0.29, 0.717) is 31.0 Å². The van der Waals surface area contributed by atoms with Crippen molar-refractivity contribution >= 4 is 5.91 Å². The summed E-state index contributed by atoms with van der Waals surface area (Å²) in [4.78, 5) is 11.6. The third kappa shape index (κ3) is 7.06. The van der Waals surface area contributed by atoms with Crippen molar-refractivity contribution < 1.29 is 18.7 Å². The maximum atomic E-state index is 13.3. The minimum atomic E-state index is -0.336. The molecule has 1 aromatic carbocycles. The number of halogens is 1. The molecule has 5 nitrogen and oxygen atoms in total. The SMILES string of the molecule is COCCNCc1cc(F)ccc1OCC(=O)NC(C)C. The third-order valence-corrected chi connectivity index (χ3v) is 2.63. The van der Waals surface area contributed by atoms with Crippen molar-refractivity contribution in [3.63, 3.8) is 0 Å². The molecule has 21 heavy (non-hydrogen) atoms. The van der Waals surface area contributed by atoms with Crippen molar-refractivity contribution in [2.75, 3.05) is 26.9 Å². The summed E-state index contributed by atoms with van der Waals surface area (Å²) in [5, 5.41) is 5.85. The van der Waals surface area contributed by atoms with E-state index in [0.717, 1.165) is 0 Å². The number of amides is 1. The molecule has 0 radical (unpaired) electrons. The van der Waals surface area contributed by atoms with Gasteiger partial charge in [0.2, 0.25) is 0 Å². The molecule has 2 N–H and O–H groups in total. The van der Waals surface area contributed by atoms with Gasteiger partial charge in [-0.3, -0.25) is 4.79 Å². The van der Waals surface area contributed by atoms with E-state index < -0.39 is 0 Å². The van der Waals surface area contributed by atoms with Crippen molar-refractivity contribution in [1.29, 1.82) is 0 Å². The van der Waals surface area contributed by atoms with E-state index in [4.69, 9.17) is 9.47 Å². The monoisotopic (exact) mass is 298 g/mol. The van der Waals surface area contributed by atoms with Gasteiger partial charge in [0.05, 0.1) is 6.61 Å². The Labute approximate surface area is 124 Å². The topological polar surface area (TPSA) is 59.6 Å². The van der Waals surface area contributed by atoms with Crippen LogP contribution >= 0.6 is 0 Å². The normalized spacial score (nSPS) is 10.7. The van der Waals surface area contributed by atoms with Crippen LogP contribution in [0.15, 0.2) is 18.2 Å². The maximum Gasteiger partial charge on any atom is 0.258 e. The fraction of sp³-hybridized carbons (Fsp3) is 0.533. The van der Waals surface area contributed by atoms with Crippen molar-refractivity contribution in [1.82, 2.24) is 10.6 Å². The number of benzene rings is 1. The minimum absolute atomic E-state index is 0.0597. The van der Waals surface area contributed by atoms with Gasteiger partial charge in [-0.05, 0) is 32.0 Å². The Balaban J connectivity index is 2.57. The number of methoxy groups -OCH3 is 1. The molecule has 1 aromatic rings. The van der Waals surface area contributed by atoms with Gasteiger partial charge in [-0.15, -0.1) is 0 Å². The van der Waals surface area contributed by atoms with E-state index in [1.54, 1.807) is 7.11 Å². The highest BCUT2D eigenvalue weighted by Crippen LogP contribution is 2.19. The van der Waals surface area contributed by atoms with E-state index in [9.17, 15) is 9.18 Å². The Bertz CT molecular complexity index is 453. The summed E-state index contributed by atoms with van der Waals surface area (Å²) in [6.45, 7) is 5.33. The van der Waals surface area contributed by atoms with Crippen LogP contribution in [-0.4, -0.2) is 38.8 Å². The first kappa shape index (κ1) is 17.4. The minimum Gasteiger partial charge on any atom is -0.483 e. The Kier molecular flexibility index (Phi) is 7.71. The van der Waals surface area contributed by atoms with Crippen LogP contribution in [0.5, 0.6) is 5.75 Å². The lowest BCUT2D eigenvalue weighted by Gasteiger charge is -2.13. The van der Waals surface area contributed by atoms with Gasteiger partial charge in [-0.1, -0.05) is 0 Å². The Morgan fingerprint density at radius 2 is 2.14 bits per heavy atom. The zero-order chi connectivity index (χ0) is 15.7. The quantitative estimate of drug-likeness (QED) is 0.678. The van der Waals surface area contributed by atoms with Crippen molar-refractivity contribution in [2.24, 2.45) is 0 Å². The molecule has 0 aromatic heterocycles. The summed E-state index contributed by atoms with van der Waals surface area (Å²) in [6, 6.07) is 4.30. The van der Waals surface area contributed by atoms with Crippen molar-refractivity contribution in [3.05, 3.63) is 29.6 Å². The first-order valence-electron chi connectivity index (χ1n) is 6.93. The molecule has 0 aliphatic rings. The van der Waals surface area contributed by atoms with Crippen LogP contribution in [0, 0.1) is 5.82 Å². The highest BCUT2D eigenvalue weighted by molar-refractivity contribution is 5.77. The summed E-state index contributed by atoms with van der Waals surface area (Å²) in [7, 11) is 1.62. The van der Waals surface area contributed by atoms with Crippen molar-refractivity contribution in [3.8, 4) is 5.75 Å². The van der Waals surface area contributed by atoms with Crippen molar-refractivity contribution in [2.45, 2.75) is 26.4 Å². The zero-order valence-electron chi connectivity index (χ0n) is 12.7. The van der Waals surface area contributed by atoms with Gasteiger partial charge < -0.3 is 20.1 Å². The molecule has 0 saturated carbocycles.